The van der Waals surface area contributed by atoms with Crippen molar-refractivity contribution in [3.8, 4) is 0 Å². The standard InChI is InChI=1S/C21H20N2O5S2/c1-4-28-21(25)18-12(2)13(3)29-20(18)22-17(24)11-23-15-9-5-7-14-8-6-10-16(19(14)15)30(23,26)27/h5-10H,4,11H2,1-3H3,(H,22,24). The van der Waals surface area contributed by atoms with E-state index in [-0.39, 0.29) is 11.5 Å². The fourth-order valence-electron chi connectivity index (χ4n) is 3.59. The zero-order chi connectivity index (χ0) is 21.6. The molecule has 2 heterocycles. The second-order valence-electron chi connectivity index (χ2n) is 6.90. The van der Waals surface area contributed by atoms with Crippen LogP contribution in [0.5, 0.6) is 0 Å². The Bertz CT molecular complexity index is 1290. The molecule has 0 unspecified atom stereocenters. The lowest BCUT2D eigenvalue weighted by molar-refractivity contribution is -0.114. The Balaban J connectivity index is 1.65. The molecule has 0 fully saturated rings. The molecule has 2 aromatic carbocycles. The molecule has 3 aromatic rings. The van der Waals surface area contributed by atoms with Gasteiger partial charge in [-0.2, -0.15) is 0 Å². The third kappa shape index (κ3) is 3.14. The zero-order valence-corrected chi connectivity index (χ0v) is 18.3. The number of thiophene rings is 1. The molecule has 0 aliphatic carbocycles. The van der Waals surface area contributed by atoms with Crippen molar-refractivity contribution in [1.29, 1.82) is 0 Å². The summed E-state index contributed by atoms with van der Waals surface area (Å²) in [6.45, 7) is 5.17. The molecule has 30 heavy (non-hydrogen) atoms. The highest BCUT2D eigenvalue weighted by atomic mass is 32.2. The molecule has 1 aliphatic rings. The van der Waals surface area contributed by atoms with Gasteiger partial charge < -0.3 is 10.1 Å². The number of aryl methyl sites for hydroxylation is 1. The number of rotatable bonds is 5. The summed E-state index contributed by atoms with van der Waals surface area (Å²) in [7, 11) is -3.84. The maximum Gasteiger partial charge on any atom is 0.341 e. The smallest absolute Gasteiger partial charge is 0.341 e. The number of nitrogens with one attached hydrogen (secondary N) is 1. The van der Waals surface area contributed by atoms with Crippen molar-refractivity contribution >= 4 is 54.7 Å². The van der Waals surface area contributed by atoms with Gasteiger partial charge in [-0.25, -0.2) is 13.2 Å². The van der Waals surface area contributed by atoms with Crippen molar-refractivity contribution in [3.63, 3.8) is 0 Å². The average Bonchev–Trinajstić information content (AvgIpc) is 3.09. The van der Waals surface area contributed by atoms with Crippen LogP contribution in [0.1, 0.15) is 27.7 Å². The van der Waals surface area contributed by atoms with Crippen molar-refractivity contribution in [2.75, 3.05) is 22.8 Å². The predicted molar refractivity (Wildman–Crippen MR) is 117 cm³/mol. The highest BCUT2D eigenvalue weighted by Crippen LogP contribution is 2.42. The molecule has 0 saturated carbocycles. The maximum atomic E-state index is 13.0. The second-order valence-corrected chi connectivity index (χ2v) is 9.95. The Morgan fingerprint density at radius 3 is 2.53 bits per heavy atom. The minimum Gasteiger partial charge on any atom is -0.462 e. The lowest BCUT2D eigenvalue weighted by atomic mass is 10.1. The van der Waals surface area contributed by atoms with E-state index in [2.05, 4.69) is 5.32 Å². The number of carbonyl (C=O) groups is 2. The van der Waals surface area contributed by atoms with Crippen molar-refractivity contribution in [2.24, 2.45) is 0 Å². The Labute approximate surface area is 178 Å². The third-order valence-corrected chi connectivity index (χ3v) is 8.01. The topological polar surface area (TPSA) is 92.8 Å². The first-order valence-electron chi connectivity index (χ1n) is 9.37. The SMILES string of the molecule is CCOC(=O)c1c(NC(=O)CN2c3cccc4cccc(c34)S2(=O)=O)sc(C)c1C. The number of carbonyl (C=O) groups excluding carboxylic acids is 2. The predicted octanol–water partition coefficient (Wildman–Crippen LogP) is 3.84. The van der Waals surface area contributed by atoms with Crippen LogP contribution < -0.4 is 9.62 Å². The monoisotopic (exact) mass is 444 g/mol. The summed E-state index contributed by atoms with van der Waals surface area (Å²) in [5, 5.41) is 4.48. The van der Waals surface area contributed by atoms with E-state index in [1.807, 2.05) is 19.1 Å². The highest BCUT2D eigenvalue weighted by Gasteiger charge is 2.37. The summed E-state index contributed by atoms with van der Waals surface area (Å²) in [6.07, 6.45) is 0. The van der Waals surface area contributed by atoms with Crippen molar-refractivity contribution in [2.45, 2.75) is 25.7 Å². The minimum absolute atomic E-state index is 0.193. The first-order chi connectivity index (χ1) is 14.3. The number of esters is 1. The second kappa shape index (κ2) is 7.41. The van der Waals surface area contributed by atoms with Gasteiger partial charge in [0.1, 0.15) is 11.5 Å². The van der Waals surface area contributed by atoms with Crippen LogP contribution in [-0.2, 0) is 19.6 Å². The van der Waals surface area contributed by atoms with Crippen LogP contribution in [-0.4, -0.2) is 33.4 Å². The molecule has 1 aliphatic heterocycles. The van der Waals surface area contributed by atoms with Gasteiger partial charge in [0.05, 0.1) is 22.8 Å². The Morgan fingerprint density at radius 2 is 1.83 bits per heavy atom. The molecular formula is C21H20N2O5S2. The summed E-state index contributed by atoms with van der Waals surface area (Å²) in [4.78, 5) is 26.2. The van der Waals surface area contributed by atoms with E-state index in [1.165, 1.54) is 11.3 Å². The molecule has 0 radical (unpaired) electrons. The van der Waals surface area contributed by atoms with E-state index in [1.54, 1.807) is 38.1 Å². The zero-order valence-electron chi connectivity index (χ0n) is 16.7. The number of hydrogen-bond acceptors (Lipinski definition) is 6. The van der Waals surface area contributed by atoms with Crippen LogP contribution in [0, 0.1) is 13.8 Å². The van der Waals surface area contributed by atoms with Gasteiger partial charge in [0.25, 0.3) is 10.0 Å². The highest BCUT2D eigenvalue weighted by molar-refractivity contribution is 7.93. The van der Waals surface area contributed by atoms with Crippen LogP contribution in [0.25, 0.3) is 10.8 Å². The van der Waals surface area contributed by atoms with E-state index < -0.39 is 28.4 Å². The Kier molecular flexibility index (Phi) is 5.03. The number of hydrogen-bond donors (Lipinski definition) is 1. The van der Waals surface area contributed by atoms with Gasteiger partial charge in [-0.15, -0.1) is 11.3 Å². The maximum absolute atomic E-state index is 13.0. The molecule has 0 atom stereocenters. The Hall–Kier alpha value is -2.91. The van der Waals surface area contributed by atoms with E-state index in [9.17, 15) is 18.0 Å². The summed E-state index contributed by atoms with van der Waals surface area (Å²) < 4.78 is 32.3. The van der Waals surface area contributed by atoms with E-state index in [4.69, 9.17) is 4.74 Å². The van der Waals surface area contributed by atoms with Crippen LogP contribution >= 0.6 is 11.3 Å². The number of ether oxygens (including phenoxy) is 1. The van der Waals surface area contributed by atoms with Gasteiger partial charge in [0.15, 0.2) is 0 Å². The molecule has 1 N–H and O–H groups in total. The number of anilines is 2. The molecule has 7 nitrogen and oxygen atoms in total. The van der Waals surface area contributed by atoms with Gasteiger partial charge in [-0.05, 0) is 43.9 Å². The average molecular weight is 445 g/mol. The summed E-state index contributed by atoms with van der Waals surface area (Å²) in [5.74, 6) is -1.05. The van der Waals surface area contributed by atoms with Gasteiger partial charge in [-0.1, -0.05) is 24.3 Å². The van der Waals surface area contributed by atoms with Gasteiger partial charge in [0.2, 0.25) is 5.91 Å². The third-order valence-electron chi connectivity index (χ3n) is 5.09. The number of sulfonamides is 1. The van der Waals surface area contributed by atoms with Gasteiger partial charge in [0, 0.05) is 10.3 Å². The van der Waals surface area contributed by atoms with Crippen molar-refractivity contribution in [1.82, 2.24) is 0 Å². The van der Waals surface area contributed by atoms with Crippen LogP contribution in [0.2, 0.25) is 0 Å². The fraction of sp³-hybridized carbons (Fsp3) is 0.238. The molecular weight excluding hydrogens is 424 g/mol. The number of nitrogens with zero attached hydrogens (tertiary/aromatic N) is 1. The lowest BCUT2D eigenvalue weighted by Crippen LogP contribution is -2.35. The molecule has 0 saturated heterocycles. The van der Waals surface area contributed by atoms with E-state index in [0.29, 0.717) is 21.6 Å². The van der Waals surface area contributed by atoms with Gasteiger partial charge >= 0.3 is 5.97 Å². The normalized spacial score (nSPS) is 14.2. The van der Waals surface area contributed by atoms with Crippen LogP contribution in [0.3, 0.4) is 0 Å². The molecule has 1 aromatic heterocycles. The number of benzene rings is 2. The fourth-order valence-corrected chi connectivity index (χ4v) is 6.32. The van der Waals surface area contributed by atoms with Crippen molar-refractivity contribution in [3.05, 3.63) is 52.4 Å². The molecule has 9 heteroatoms. The van der Waals surface area contributed by atoms with Crippen LogP contribution in [0.4, 0.5) is 10.7 Å². The van der Waals surface area contributed by atoms with E-state index in [0.717, 1.165) is 20.1 Å². The molecule has 4 rings (SSSR count). The minimum atomic E-state index is -3.84. The molecule has 0 spiro atoms. The largest absolute Gasteiger partial charge is 0.462 e. The van der Waals surface area contributed by atoms with Crippen LogP contribution in [0.15, 0.2) is 41.3 Å². The summed E-state index contributed by atoms with van der Waals surface area (Å²) >= 11 is 1.26. The summed E-state index contributed by atoms with van der Waals surface area (Å²) in [6, 6.07) is 10.4. The van der Waals surface area contributed by atoms with E-state index >= 15 is 0 Å². The molecule has 1 amide bonds. The molecule has 156 valence electrons. The number of amides is 1. The van der Waals surface area contributed by atoms with Crippen molar-refractivity contribution < 1.29 is 22.7 Å². The first-order valence-corrected chi connectivity index (χ1v) is 11.6. The van der Waals surface area contributed by atoms with Gasteiger partial charge in [-0.3, -0.25) is 9.10 Å². The lowest BCUT2D eigenvalue weighted by Gasteiger charge is -2.18. The Morgan fingerprint density at radius 1 is 1.13 bits per heavy atom. The molecule has 0 bridgehead atoms. The summed E-state index contributed by atoms with van der Waals surface area (Å²) in [5.41, 5.74) is 1.52. The quantitative estimate of drug-likeness (QED) is 0.604. The first kappa shape index (κ1) is 20.4.